The van der Waals surface area contributed by atoms with Crippen LogP contribution in [0.2, 0.25) is 0 Å². The number of aryl methyl sites for hydroxylation is 2. The van der Waals surface area contributed by atoms with Crippen molar-refractivity contribution in [2.45, 2.75) is 33.1 Å². The molecule has 1 fully saturated rings. The second-order valence-electron chi connectivity index (χ2n) is 5.30. The summed E-state index contributed by atoms with van der Waals surface area (Å²) in [6, 6.07) is 6.56. The van der Waals surface area contributed by atoms with E-state index in [0.29, 0.717) is 12.3 Å². The number of anilines is 1. The van der Waals surface area contributed by atoms with Crippen LogP contribution < -0.4 is 4.90 Å². The Kier molecular flexibility index (Phi) is 3.90. The van der Waals surface area contributed by atoms with Crippen molar-refractivity contribution in [1.82, 2.24) is 0 Å². The Labute approximate surface area is 108 Å². The van der Waals surface area contributed by atoms with Crippen LogP contribution in [0, 0.1) is 19.8 Å². The summed E-state index contributed by atoms with van der Waals surface area (Å²) in [7, 11) is 0. The van der Waals surface area contributed by atoms with E-state index in [0.717, 1.165) is 25.9 Å². The monoisotopic (exact) mass is 247 g/mol. The first-order valence-corrected chi connectivity index (χ1v) is 6.60. The minimum absolute atomic E-state index is 0.320. The van der Waals surface area contributed by atoms with Gasteiger partial charge in [-0.1, -0.05) is 6.07 Å². The van der Waals surface area contributed by atoms with Gasteiger partial charge >= 0.3 is 5.97 Å². The lowest BCUT2D eigenvalue weighted by molar-refractivity contribution is -0.138. The molecule has 1 aliphatic heterocycles. The van der Waals surface area contributed by atoms with E-state index in [-0.39, 0.29) is 0 Å². The van der Waals surface area contributed by atoms with E-state index in [4.69, 9.17) is 5.11 Å². The highest BCUT2D eigenvalue weighted by Crippen LogP contribution is 2.26. The van der Waals surface area contributed by atoms with Gasteiger partial charge in [-0.05, 0) is 55.9 Å². The topological polar surface area (TPSA) is 40.5 Å². The first-order valence-electron chi connectivity index (χ1n) is 6.60. The standard InChI is InChI=1S/C15H21NO2/c1-11-3-4-14(9-12(11)2)16-7-5-13(6-8-16)10-15(17)18/h3-4,9,13H,5-8,10H2,1-2H3,(H,17,18). The second kappa shape index (κ2) is 5.42. The molecule has 98 valence electrons. The number of hydrogen-bond acceptors (Lipinski definition) is 2. The van der Waals surface area contributed by atoms with Gasteiger partial charge in [-0.25, -0.2) is 0 Å². The van der Waals surface area contributed by atoms with Crippen molar-refractivity contribution in [2.24, 2.45) is 5.92 Å². The molecule has 1 aromatic rings. The summed E-state index contributed by atoms with van der Waals surface area (Å²) < 4.78 is 0. The number of carboxylic acids is 1. The van der Waals surface area contributed by atoms with Crippen LogP contribution in [0.25, 0.3) is 0 Å². The summed E-state index contributed by atoms with van der Waals surface area (Å²) in [5, 5.41) is 8.80. The van der Waals surface area contributed by atoms with Gasteiger partial charge in [-0.3, -0.25) is 4.79 Å². The average molecular weight is 247 g/mol. The smallest absolute Gasteiger partial charge is 0.303 e. The molecule has 0 aliphatic carbocycles. The normalized spacial score (nSPS) is 16.9. The zero-order valence-electron chi connectivity index (χ0n) is 11.1. The highest BCUT2D eigenvalue weighted by Gasteiger charge is 2.21. The number of benzene rings is 1. The molecule has 1 heterocycles. The van der Waals surface area contributed by atoms with Crippen molar-refractivity contribution in [1.29, 1.82) is 0 Å². The van der Waals surface area contributed by atoms with Crippen molar-refractivity contribution >= 4 is 11.7 Å². The molecule has 1 N–H and O–H groups in total. The van der Waals surface area contributed by atoms with Gasteiger partial charge < -0.3 is 10.0 Å². The Morgan fingerprint density at radius 2 is 1.94 bits per heavy atom. The fourth-order valence-electron chi connectivity index (χ4n) is 2.56. The number of piperidine rings is 1. The van der Waals surface area contributed by atoms with E-state index in [2.05, 4.69) is 36.9 Å². The molecule has 0 amide bonds. The molecule has 18 heavy (non-hydrogen) atoms. The molecule has 0 spiro atoms. The van der Waals surface area contributed by atoms with Crippen LogP contribution in [0.5, 0.6) is 0 Å². The van der Waals surface area contributed by atoms with Crippen LogP contribution >= 0.6 is 0 Å². The van der Waals surface area contributed by atoms with Gasteiger partial charge in [0, 0.05) is 25.2 Å². The highest BCUT2D eigenvalue weighted by atomic mass is 16.4. The van der Waals surface area contributed by atoms with Crippen LogP contribution in [0.4, 0.5) is 5.69 Å². The number of rotatable bonds is 3. The first kappa shape index (κ1) is 12.9. The molecule has 1 aromatic carbocycles. The van der Waals surface area contributed by atoms with Gasteiger partial charge in [0.25, 0.3) is 0 Å². The van der Waals surface area contributed by atoms with Gasteiger partial charge in [-0.2, -0.15) is 0 Å². The second-order valence-corrected chi connectivity index (χ2v) is 5.30. The van der Waals surface area contributed by atoms with E-state index in [1.165, 1.54) is 16.8 Å². The van der Waals surface area contributed by atoms with E-state index >= 15 is 0 Å². The van der Waals surface area contributed by atoms with Crippen molar-refractivity contribution < 1.29 is 9.90 Å². The Balaban J connectivity index is 1.96. The maximum atomic E-state index is 10.7. The molecular weight excluding hydrogens is 226 g/mol. The molecule has 3 heteroatoms. The maximum absolute atomic E-state index is 10.7. The van der Waals surface area contributed by atoms with E-state index in [1.807, 2.05) is 0 Å². The quantitative estimate of drug-likeness (QED) is 0.892. The summed E-state index contributed by atoms with van der Waals surface area (Å²) in [5.41, 5.74) is 3.91. The third-order valence-electron chi connectivity index (χ3n) is 3.93. The number of hydrogen-bond donors (Lipinski definition) is 1. The Bertz CT molecular complexity index is 434. The molecule has 0 saturated carbocycles. The van der Waals surface area contributed by atoms with Crippen LogP contribution in [-0.2, 0) is 4.79 Å². The zero-order chi connectivity index (χ0) is 13.1. The van der Waals surface area contributed by atoms with E-state index in [1.54, 1.807) is 0 Å². The SMILES string of the molecule is Cc1ccc(N2CCC(CC(=O)O)CC2)cc1C. The lowest BCUT2D eigenvalue weighted by Crippen LogP contribution is -2.34. The molecule has 1 aliphatic rings. The van der Waals surface area contributed by atoms with Crippen LogP contribution in [0.15, 0.2) is 18.2 Å². The lowest BCUT2D eigenvalue weighted by atomic mass is 9.93. The fraction of sp³-hybridized carbons (Fsp3) is 0.533. The third kappa shape index (κ3) is 3.03. The number of aliphatic carboxylic acids is 1. The average Bonchev–Trinajstić information content (AvgIpc) is 2.33. The molecule has 0 atom stereocenters. The molecule has 0 aromatic heterocycles. The number of carbonyl (C=O) groups is 1. The van der Waals surface area contributed by atoms with Crippen molar-refractivity contribution in [3.8, 4) is 0 Å². The van der Waals surface area contributed by atoms with Gasteiger partial charge in [0.15, 0.2) is 0 Å². The number of nitrogens with zero attached hydrogens (tertiary/aromatic N) is 1. The predicted octanol–water partition coefficient (Wildman–Crippen LogP) is 2.99. The predicted molar refractivity (Wildman–Crippen MR) is 73.1 cm³/mol. The zero-order valence-corrected chi connectivity index (χ0v) is 11.1. The van der Waals surface area contributed by atoms with Gasteiger partial charge in [0.05, 0.1) is 0 Å². The summed E-state index contributed by atoms with van der Waals surface area (Å²) in [5.74, 6) is -0.315. The van der Waals surface area contributed by atoms with Crippen molar-refractivity contribution in [3.05, 3.63) is 29.3 Å². The Morgan fingerprint density at radius 1 is 1.28 bits per heavy atom. The molecule has 0 bridgehead atoms. The molecular formula is C15H21NO2. The van der Waals surface area contributed by atoms with Crippen LogP contribution in [0.3, 0.4) is 0 Å². The maximum Gasteiger partial charge on any atom is 0.303 e. The molecule has 3 nitrogen and oxygen atoms in total. The minimum Gasteiger partial charge on any atom is -0.481 e. The summed E-state index contributed by atoms with van der Waals surface area (Å²) in [4.78, 5) is 13.1. The molecule has 2 rings (SSSR count). The summed E-state index contributed by atoms with van der Waals surface area (Å²) in [6.45, 7) is 6.20. The van der Waals surface area contributed by atoms with Gasteiger partial charge in [-0.15, -0.1) is 0 Å². The molecule has 0 radical (unpaired) electrons. The number of carboxylic acid groups (broad SMARTS) is 1. The molecule has 0 unspecified atom stereocenters. The Hall–Kier alpha value is -1.51. The minimum atomic E-state index is -0.667. The summed E-state index contributed by atoms with van der Waals surface area (Å²) in [6.07, 6.45) is 2.29. The van der Waals surface area contributed by atoms with E-state index in [9.17, 15) is 4.79 Å². The van der Waals surface area contributed by atoms with Crippen LogP contribution in [-0.4, -0.2) is 24.2 Å². The fourth-order valence-corrected chi connectivity index (χ4v) is 2.56. The summed E-state index contributed by atoms with van der Waals surface area (Å²) >= 11 is 0. The van der Waals surface area contributed by atoms with Crippen LogP contribution in [0.1, 0.15) is 30.4 Å². The van der Waals surface area contributed by atoms with Gasteiger partial charge in [0.2, 0.25) is 0 Å². The van der Waals surface area contributed by atoms with E-state index < -0.39 is 5.97 Å². The first-order chi connectivity index (χ1) is 8.56. The third-order valence-corrected chi connectivity index (χ3v) is 3.93. The molecule has 1 saturated heterocycles. The lowest BCUT2D eigenvalue weighted by Gasteiger charge is -2.33. The highest BCUT2D eigenvalue weighted by molar-refractivity contribution is 5.67. The largest absolute Gasteiger partial charge is 0.481 e. The van der Waals surface area contributed by atoms with Crippen molar-refractivity contribution in [3.63, 3.8) is 0 Å². The van der Waals surface area contributed by atoms with Gasteiger partial charge in [0.1, 0.15) is 0 Å². The Morgan fingerprint density at radius 3 is 2.50 bits per heavy atom. The van der Waals surface area contributed by atoms with Crippen molar-refractivity contribution in [2.75, 3.05) is 18.0 Å².